The number of aryl methyl sites for hydroxylation is 1. The minimum Gasteiger partial charge on any atom is -0.398 e. The molecular weight excluding hydrogens is 289 g/mol. The van der Waals surface area contributed by atoms with Crippen molar-refractivity contribution in [2.45, 2.75) is 6.92 Å². The molecule has 0 fully saturated rings. The summed E-state index contributed by atoms with van der Waals surface area (Å²) in [6, 6.07) is 3.74. The Labute approximate surface area is 103 Å². The molecule has 6 heteroatoms. The average Bonchev–Trinajstić information content (AvgIpc) is 2.31. The van der Waals surface area contributed by atoms with Gasteiger partial charge in [0.05, 0.1) is 5.69 Å². The number of imidazole rings is 1. The van der Waals surface area contributed by atoms with E-state index < -0.39 is 0 Å². The molecule has 2 aromatic heterocycles. The Kier molecular flexibility index (Phi) is 4.71. The first-order valence-electron chi connectivity index (χ1n) is 3.58. The van der Waals surface area contributed by atoms with Crippen LogP contribution in [0, 0.1) is 6.92 Å². The number of hydrogen-bond donors (Lipinski definition) is 1. The van der Waals surface area contributed by atoms with Gasteiger partial charge in [0, 0.05) is 11.9 Å². The third-order valence-corrected chi connectivity index (χ3v) is 2.70. The fraction of sp³-hybridized carbons (Fsp3) is 0.125. The highest BCUT2D eigenvalue weighted by molar-refractivity contribution is 9.10. The molecule has 2 rings (SSSR count). The molecule has 0 radical (unpaired) electrons. The monoisotopic (exact) mass is 297 g/mol. The number of pyridine rings is 1. The molecule has 0 unspecified atom stereocenters. The smallest absolute Gasteiger partial charge is 0.138 e. The van der Waals surface area contributed by atoms with E-state index >= 15 is 0 Å². The first-order chi connectivity index (χ1) is 5.68. The number of fused-ring (bicyclic) bond motifs is 1. The van der Waals surface area contributed by atoms with Gasteiger partial charge < -0.3 is 5.73 Å². The predicted molar refractivity (Wildman–Crippen MR) is 66.5 cm³/mol. The van der Waals surface area contributed by atoms with Crippen LogP contribution >= 0.6 is 40.7 Å². The largest absolute Gasteiger partial charge is 0.398 e. The van der Waals surface area contributed by atoms with Gasteiger partial charge in [0.25, 0.3) is 0 Å². The van der Waals surface area contributed by atoms with E-state index in [9.17, 15) is 0 Å². The van der Waals surface area contributed by atoms with Gasteiger partial charge in [-0.25, -0.2) is 4.98 Å². The standard InChI is InChI=1S/C8H8BrN3.2ClH/c1-5-8(9)12-4-6(10)2-3-7(12)11-5;;/h2-4H,10H2,1H3;2*1H. The minimum absolute atomic E-state index is 0. The predicted octanol–water partition coefficient (Wildman–Crippen LogP) is 2.83. The number of nitrogen functional groups attached to an aromatic ring is 1. The maximum absolute atomic E-state index is 5.63. The summed E-state index contributed by atoms with van der Waals surface area (Å²) in [4.78, 5) is 4.31. The molecule has 14 heavy (non-hydrogen) atoms. The van der Waals surface area contributed by atoms with Crippen LogP contribution in [0.2, 0.25) is 0 Å². The molecular formula is C8H10BrCl2N3. The second-order valence-corrected chi connectivity index (χ2v) is 3.43. The van der Waals surface area contributed by atoms with E-state index in [1.54, 1.807) is 0 Å². The molecule has 78 valence electrons. The van der Waals surface area contributed by atoms with E-state index in [-0.39, 0.29) is 24.8 Å². The summed E-state index contributed by atoms with van der Waals surface area (Å²) in [6.45, 7) is 1.95. The van der Waals surface area contributed by atoms with E-state index in [0.717, 1.165) is 21.6 Å². The molecule has 0 aliphatic heterocycles. The third kappa shape index (κ3) is 2.13. The van der Waals surface area contributed by atoms with Gasteiger partial charge in [-0.2, -0.15) is 0 Å². The summed E-state index contributed by atoms with van der Waals surface area (Å²) in [7, 11) is 0. The second-order valence-electron chi connectivity index (χ2n) is 2.68. The molecule has 0 saturated heterocycles. The van der Waals surface area contributed by atoms with Crippen molar-refractivity contribution >= 4 is 52.1 Å². The lowest BCUT2D eigenvalue weighted by atomic mass is 10.4. The SMILES string of the molecule is Cc1nc2ccc(N)cn2c1Br.Cl.Cl. The Morgan fingerprint density at radius 1 is 1.36 bits per heavy atom. The first-order valence-corrected chi connectivity index (χ1v) is 4.37. The second kappa shape index (κ2) is 4.87. The molecule has 0 aromatic carbocycles. The van der Waals surface area contributed by atoms with Crippen molar-refractivity contribution < 1.29 is 0 Å². The van der Waals surface area contributed by atoms with Crippen LogP contribution < -0.4 is 5.73 Å². The molecule has 0 aliphatic rings. The van der Waals surface area contributed by atoms with Gasteiger partial charge in [0.1, 0.15) is 10.3 Å². The van der Waals surface area contributed by atoms with Crippen LogP contribution in [0.15, 0.2) is 22.9 Å². The summed E-state index contributed by atoms with van der Waals surface area (Å²) in [5.41, 5.74) is 8.25. The van der Waals surface area contributed by atoms with Crippen molar-refractivity contribution in [3.8, 4) is 0 Å². The van der Waals surface area contributed by atoms with Crippen molar-refractivity contribution in [2.24, 2.45) is 0 Å². The number of halogens is 3. The molecule has 2 heterocycles. The highest BCUT2D eigenvalue weighted by Gasteiger charge is 2.04. The lowest BCUT2D eigenvalue weighted by molar-refractivity contribution is 1.15. The lowest BCUT2D eigenvalue weighted by Gasteiger charge is -1.95. The Morgan fingerprint density at radius 2 is 2.00 bits per heavy atom. The normalized spacial score (nSPS) is 9.29. The van der Waals surface area contributed by atoms with Gasteiger partial charge in [-0.05, 0) is 35.0 Å². The first kappa shape index (κ1) is 13.6. The maximum Gasteiger partial charge on any atom is 0.138 e. The topological polar surface area (TPSA) is 43.3 Å². The number of nitrogens with two attached hydrogens (primary N) is 1. The molecule has 0 atom stereocenters. The van der Waals surface area contributed by atoms with E-state index in [2.05, 4.69) is 20.9 Å². The van der Waals surface area contributed by atoms with Gasteiger partial charge in [-0.3, -0.25) is 4.40 Å². The number of hydrogen-bond acceptors (Lipinski definition) is 2. The maximum atomic E-state index is 5.63. The summed E-state index contributed by atoms with van der Waals surface area (Å²) < 4.78 is 2.88. The van der Waals surface area contributed by atoms with E-state index in [1.165, 1.54) is 0 Å². The Morgan fingerprint density at radius 3 is 2.64 bits per heavy atom. The van der Waals surface area contributed by atoms with Crippen molar-refractivity contribution in [1.29, 1.82) is 0 Å². The molecule has 2 aromatic rings. The molecule has 0 bridgehead atoms. The Balaban J connectivity index is 0.000000845. The average molecular weight is 299 g/mol. The van der Waals surface area contributed by atoms with Crippen LogP contribution in [0.3, 0.4) is 0 Å². The highest BCUT2D eigenvalue weighted by atomic mass is 79.9. The molecule has 3 nitrogen and oxygen atoms in total. The molecule has 2 N–H and O–H groups in total. The Hall–Kier alpha value is -0.450. The van der Waals surface area contributed by atoms with Crippen molar-refractivity contribution in [3.05, 3.63) is 28.6 Å². The fourth-order valence-electron chi connectivity index (χ4n) is 1.15. The van der Waals surface area contributed by atoms with Crippen LogP contribution in [0.4, 0.5) is 5.69 Å². The van der Waals surface area contributed by atoms with Crippen molar-refractivity contribution in [2.75, 3.05) is 5.73 Å². The van der Waals surface area contributed by atoms with Crippen LogP contribution in [-0.2, 0) is 0 Å². The summed E-state index contributed by atoms with van der Waals surface area (Å²) in [6.07, 6.45) is 1.85. The molecule has 0 aliphatic carbocycles. The quantitative estimate of drug-likeness (QED) is 0.813. The number of aromatic nitrogens is 2. The number of rotatable bonds is 0. The van der Waals surface area contributed by atoms with Crippen LogP contribution in [0.25, 0.3) is 5.65 Å². The fourth-order valence-corrected chi connectivity index (χ4v) is 1.52. The molecule has 0 spiro atoms. The van der Waals surface area contributed by atoms with Crippen molar-refractivity contribution in [1.82, 2.24) is 9.38 Å². The van der Waals surface area contributed by atoms with Crippen LogP contribution in [0.5, 0.6) is 0 Å². The van der Waals surface area contributed by atoms with Crippen LogP contribution in [0.1, 0.15) is 5.69 Å². The number of nitrogens with zero attached hydrogens (tertiary/aromatic N) is 2. The van der Waals surface area contributed by atoms with E-state index in [0.29, 0.717) is 0 Å². The summed E-state index contributed by atoms with van der Waals surface area (Å²) in [5.74, 6) is 0. The summed E-state index contributed by atoms with van der Waals surface area (Å²) in [5, 5.41) is 0. The zero-order chi connectivity index (χ0) is 8.72. The summed E-state index contributed by atoms with van der Waals surface area (Å²) >= 11 is 3.43. The van der Waals surface area contributed by atoms with Crippen LogP contribution in [-0.4, -0.2) is 9.38 Å². The van der Waals surface area contributed by atoms with Crippen molar-refractivity contribution in [3.63, 3.8) is 0 Å². The van der Waals surface area contributed by atoms with Gasteiger partial charge >= 0.3 is 0 Å². The van der Waals surface area contributed by atoms with E-state index in [4.69, 9.17) is 5.73 Å². The zero-order valence-electron chi connectivity index (χ0n) is 7.40. The highest BCUT2D eigenvalue weighted by Crippen LogP contribution is 2.19. The number of anilines is 1. The lowest BCUT2D eigenvalue weighted by Crippen LogP contribution is -1.89. The minimum atomic E-state index is 0. The molecule has 0 saturated carbocycles. The third-order valence-electron chi connectivity index (χ3n) is 1.74. The van der Waals surface area contributed by atoms with Gasteiger partial charge in [0.15, 0.2) is 0 Å². The Bertz CT molecular complexity index is 441. The zero-order valence-corrected chi connectivity index (χ0v) is 10.6. The van der Waals surface area contributed by atoms with E-state index in [1.807, 2.05) is 29.7 Å². The van der Waals surface area contributed by atoms with Gasteiger partial charge in [-0.15, -0.1) is 24.8 Å². The van der Waals surface area contributed by atoms with Gasteiger partial charge in [-0.1, -0.05) is 0 Å². The molecule has 0 amide bonds. The van der Waals surface area contributed by atoms with Gasteiger partial charge in [0.2, 0.25) is 0 Å².